The highest BCUT2D eigenvalue weighted by Gasteiger charge is 2.26. The summed E-state index contributed by atoms with van der Waals surface area (Å²) in [6, 6.07) is 13.0. The van der Waals surface area contributed by atoms with Gasteiger partial charge in [0.2, 0.25) is 10.0 Å². The van der Waals surface area contributed by atoms with E-state index >= 15 is 0 Å². The second-order valence-electron chi connectivity index (χ2n) is 8.73. The van der Waals surface area contributed by atoms with Gasteiger partial charge in [0.25, 0.3) is 0 Å². The highest BCUT2D eigenvalue weighted by molar-refractivity contribution is 7.89. The van der Waals surface area contributed by atoms with Gasteiger partial charge < -0.3 is 10.0 Å². The first-order chi connectivity index (χ1) is 16.4. The number of piperazine rings is 1. The summed E-state index contributed by atoms with van der Waals surface area (Å²) >= 11 is 0. The van der Waals surface area contributed by atoms with Crippen LogP contribution in [0.1, 0.15) is 42.9 Å². The van der Waals surface area contributed by atoms with Crippen molar-refractivity contribution in [1.29, 1.82) is 0 Å². The van der Waals surface area contributed by atoms with Crippen LogP contribution in [-0.2, 0) is 10.0 Å². The topological polar surface area (TPSA) is 72.9 Å². The lowest BCUT2D eigenvalue weighted by atomic mass is 9.96. The van der Waals surface area contributed by atoms with Crippen molar-refractivity contribution in [3.63, 3.8) is 0 Å². The van der Waals surface area contributed by atoms with Gasteiger partial charge in [-0.1, -0.05) is 37.1 Å². The molecule has 0 spiro atoms. The van der Waals surface area contributed by atoms with Crippen LogP contribution >= 0.6 is 0 Å². The molecule has 0 saturated carbocycles. The van der Waals surface area contributed by atoms with Crippen LogP contribution in [0, 0.1) is 11.6 Å². The van der Waals surface area contributed by atoms with Crippen LogP contribution in [0.5, 0.6) is 0 Å². The second-order valence-corrected chi connectivity index (χ2v) is 10.7. The number of nitrogens with one attached hydrogen (secondary N) is 1. The number of sulfonamides is 1. The number of benzene rings is 2. The van der Waals surface area contributed by atoms with Gasteiger partial charge in [0.1, 0.15) is 11.6 Å². The smallest absolute Gasteiger partial charge is 0.211 e. The predicted molar refractivity (Wildman–Crippen MR) is 130 cm³/mol. The maximum absolute atomic E-state index is 13.5. The van der Waals surface area contributed by atoms with E-state index in [-0.39, 0.29) is 36.6 Å². The molecule has 0 amide bonds. The Kier molecular flexibility index (Phi) is 10.4. The minimum atomic E-state index is -3.28. The number of hydrogen-bond acceptors (Lipinski definition) is 5. The molecule has 188 valence electrons. The van der Waals surface area contributed by atoms with Gasteiger partial charge in [-0.25, -0.2) is 21.9 Å². The maximum atomic E-state index is 13.5. The maximum Gasteiger partial charge on any atom is 0.211 e. The van der Waals surface area contributed by atoms with E-state index < -0.39 is 10.0 Å². The van der Waals surface area contributed by atoms with E-state index in [4.69, 9.17) is 5.11 Å². The molecule has 2 aromatic carbocycles. The molecular weight excluding hydrogens is 460 g/mol. The van der Waals surface area contributed by atoms with Gasteiger partial charge >= 0.3 is 0 Å². The van der Waals surface area contributed by atoms with Gasteiger partial charge in [0.15, 0.2) is 0 Å². The van der Waals surface area contributed by atoms with Crippen molar-refractivity contribution in [1.82, 2.24) is 14.5 Å². The SMILES string of the molecule is O=S(=O)(CCCCCCN1CCN(C(c2ccc(F)cc2)c2ccc(F)cc2)CC1)NCCO. The van der Waals surface area contributed by atoms with Gasteiger partial charge in [0, 0.05) is 32.7 Å². The van der Waals surface area contributed by atoms with Crippen molar-refractivity contribution < 1.29 is 22.3 Å². The molecule has 0 aromatic heterocycles. The van der Waals surface area contributed by atoms with Crippen LogP contribution in [0.15, 0.2) is 48.5 Å². The first-order valence-electron chi connectivity index (χ1n) is 11.9. The fourth-order valence-corrected chi connectivity index (χ4v) is 5.53. The van der Waals surface area contributed by atoms with Crippen LogP contribution in [0.25, 0.3) is 0 Å². The summed E-state index contributed by atoms with van der Waals surface area (Å²) < 4.78 is 52.8. The molecule has 1 saturated heterocycles. The number of halogens is 2. The summed E-state index contributed by atoms with van der Waals surface area (Å²) in [5.41, 5.74) is 1.98. The molecule has 3 rings (SSSR count). The van der Waals surface area contributed by atoms with Crippen molar-refractivity contribution in [3.8, 4) is 0 Å². The minimum Gasteiger partial charge on any atom is -0.395 e. The normalized spacial score (nSPS) is 15.8. The standard InChI is InChI=1S/C25H35F2N3O3S/c26-23-9-5-21(6-10-23)25(22-7-11-24(27)12-8-22)30-17-15-29(16-18-30)14-3-1-2-4-20-34(32,33)28-13-19-31/h5-12,25,28,31H,1-4,13-20H2. The molecule has 0 radical (unpaired) electrons. The Morgan fingerprint density at radius 2 is 1.35 bits per heavy atom. The Morgan fingerprint density at radius 1 is 0.824 bits per heavy atom. The molecule has 1 aliphatic rings. The molecule has 34 heavy (non-hydrogen) atoms. The van der Waals surface area contributed by atoms with E-state index in [0.29, 0.717) is 6.42 Å². The second kappa shape index (κ2) is 13.3. The van der Waals surface area contributed by atoms with Crippen LogP contribution in [-0.4, -0.2) is 75.0 Å². The first-order valence-corrected chi connectivity index (χ1v) is 13.6. The molecule has 1 fully saturated rings. The summed E-state index contributed by atoms with van der Waals surface area (Å²) in [6.07, 6.45) is 3.47. The number of unbranched alkanes of at least 4 members (excludes halogenated alkanes) is 3. The van der Waals surface area contributed by atoms with Gasteiger partial charge in [-0.2, -0.15) is 0 Å². The molecule has 9 heteroatoms. The quantitative estimate of drug-likeness (QED) is 0.418. The molecule has 1 aliphatic heterocycles. The van der Waals surface area contributed by atoms with E-state index in [9.17, 15) is 17.2 Å². The van der Waals surface area contributed by atoms with Gasteiger partial charge in [-0.3, -0.25) is 4.90 Å². The summed E-state index contributed by atoms with van der Waals surface area (Å²) in [5, 5.41) is 8.72. The summed E-state index contributed by atoms with van der Waals surface area (Å²) in [7, 11) is -3.28. The highest BCUT2D eigenvalue weighted by atomic mass is 32.2. The van der Waals surface area contributed by atoms with Crippen molar-refractivity contribution in [3.05, 3.63) is 71.3 Å². The lowest BCUT2D eigenvalue weighted by molar-refractivity contribution is 0.108. The first kappa shape index (κ1) is 26.7. The fraction of sp³-hybridized carbons (Fsp3) is 0.520. The van der Waals surface area contributed by atoms with Gasteiger partial charge in [0.05, 0.1) is 18.4 Å². The van der Waals surface area contributed by atoms with E-state index in [1.807, 2.05) is 0 Å². The lowest BCUT2D eigenvalue weighted by Gasteiger charge is -2.40. The Labute approximate surface area is 201 Å². The lowest BCUT2D eigenvalue weighted by Crippen LogP contribution is -2.48. The Morgan fingerprint density at radius 3 is 1.88 bits per heavy atom. The number of aliphatic hydroxyl groups excluding tert-OH is 1. The molecule has 6 nitrogen and oxygen atoms in total. The molecule has 0 unspecified atom stereocenters. The van der Waals surface area contributed by atoms with Gasteiger partial charge in [-0.05, 0) is 54.8 Å². The van der Waals surface area contributed by atoms with E-state index in [0.717, 1.165) is 63.1 Å². The monoisotopic (exact) mass is 495 g/mol. The van der Waals surface area contributed by atoms with E-state index in [1.165, 1.54) is 24.3 Å². The zero-order chi connectivity index (χ0) is 24.4. The molecular formula is C25H35F2N3O3S. The molecule has 1 heterocycles. The highest BCUT2D eigenvalue weighted by Crippen LogP contribution is 2.30. The molecule has 0 aliphatic carbocycles. The van der Waals surface area contributed by atoms with Crippen molar-refractivity contribution in [2.45, 2.75) is 31.7 Å². The number of hydrogen-bond donors (Lipinski definition) is 2. The average Bonchev–Trinajstić information content (AvgIpc) is 2.83. The van der Waals surface area contributed by atoms with Crippen LogP contribution in [0.3, 0.4) is 0 Å². The molecule has 2 N–H and O–H groups in total. The fourth-order valence-electron chi connectivity index (χ4n) is 4.40. The van der Waals surface area contributed by atoms with E-state index in [2.05, 4.69) is 14.5 Å². The Balaban J connectivity index is 1.45. The third-order valence-electron chi connectivity index (χ3n) is 6.21. The van der Waals surface area contributed by atoms with Crippen molar-refractivity contribution >= 4 is 10.0 Å². The third-order valence-corrected chi connectivity index (χ3v) is 7.68. The van der Waals surface area contributed by atoms with Gasteiger partial charge in [-0.15, -0.1) is 0 Å². The largest absolute Gasteiger partial charge is 0.395 e. The Hall–Kier alpha value is -1.91. The third kappa shape index (κ3) is 8.39. The number of nitrogens with zero attached hydrogens (tertiary/aromatic N) is 2. The minimum absolute atomic E-state index is 0.0512. The van der Waals surface area contributed by atoms with Crippen LogP contribution in [0.2, 0.25) is 0 Å². The van der Waals surface area contributed by atoms with Crippen molar-refractivity contribution in [2.24, 2.45) is 0 Å². The molecule has 0 atom stereocenters. The van der Waals surface area contributed by atoms with Crippen molar-refractivity contribution in [2.75, 3.05) is 51.6 Å². The zero-order valence-corrected chi connectivity index (χ0v) is 20.3. The Bertz CT molecular complexity index is 918. The average molecular weight is 496 g/mol. The number of rotatable bonds is 13. The van der Waals surface area contributed by atoms with E-state index in [1.54, 1.807) is 24.3 Å². The van der Waals surface area contributed by atoms with Crippen LogP contribution < -0.4 is 4.72 Å². The summed E-state index contributed by atoms with van der Waals surface area (Å²) in [4.78, 5) is 4.78. The van der Waals surface area contributed by atoms with Crippen LogP contribution in [0.4, 0.5) is 8.78 Å². The summed E-state index contributed by atoms with van der Waals surface area (Å²) in [5.74, 6) is -0.448. The summed E-state index contributed by atoms with van der Waals surface area (Å²) in [6.45, 7) is 4.39. The predicted octanol–water partition coefficient (Wildman–Crippen LogP) is 3.14. The zero-order valence-electron chi connectivity index (χ0n) is 19.5. The molecule has 0 bridgehead atoms. The number of aliphatic hydroxyl groups is 1. The molecule has 2 aromatic rings.